The van der Waals surface area contributed by atoms with Crippen molar-refractivity contribution in [2.24, 2.45) is 11.0 Å². The van der Waals surface area contributed by atoms with Crippen LogP contribution < -0.4 is 10.3 Å². The largest absolute Gasteiger partial charge is 0.361 e. The van der Waals surface area contributed by atoms with Gasteiger partial charge in [-0.15, -0.1) is 0 Å². The number of carbonyl (C=O) groups excluding carboxylic acids is 2. The number of hydrazone groups is 1. The summed E-state index contributed by atoms with van der Waals surface area (Å²) in [7, 11) is 0. The lowest BCUT2D eigenvalue weighted by molar-refractivity contribution is -0.113. The number of hydrogen-bond acceptors (Lipinski definition) is 6. The standard InChI is InChI=1S/C26H27N5O2/c32-16-25-29-28-24(13-18-8-12-30(15-18)26(17-33)9-10-26)31(25)22-5-3-19(4-6-22)21-2-1-20-7-11-27-23(20)14-21/h1-7,11,14,16-18,25,27,29H,8-10,12-13,15H2/t18-,25?/m0/s1. The monoisotopic (exact) mass is 441 g/mol. The van der Waals surface area contributed by atoms with E-state index in [1.165, 1.54) is 5.39 Å². The third-order valence-electron chi connectivity index (χ3n) is 7.41. The lowest BCUT2D eigenvalue weighted by Crippen LogP contribution is -2.42. The van der Waals surface area contributed by atoms with Gasteiger partial charge in [0, 0.05) is 30.4 Å². The Morgan fingerprint density at radius 1 is 1.06 bits per heavy atom. The molecule has 2 atom stereocenters. The number of nitrogens with zero attached hydrogens (tertiary/aromatic N) is 3. The molecule has 7 nitrogen and oxygen atoms in total. The van der Waals surface area contributed by atoms with Crippen molar-refractivity contribution in [1.29, 1.82) is 0 Å². The van der Waals surface area contributed by atoms with Crippen LogP contribution in [-0.2, 0) is 9.59 Å². The molecule has 33 heavy (non-hydrogen) atoms. The molecule has 0 amide bonds. The zero-order valence-electron chi connectivity index (χ0n) is 18.4. The van der Waals surface area contributed by atoms with E-state index in [4.69, 9.17) is 0 Å². The minimum Gasteiger partial charge on any atom is -0.361 e. The Bertz CT molecular complexity index is 1230. The minimum atomic E-state index is -0.497. The molecule has 3 heterocycles. The van der Waals surface area contributed by atoms with Crippen LogP contribution in [0.4, 0.5) is 5.69 Å². The molecule has 1 aliphatic carbocycles. The first-order valence-electron chi connectivity index (χ1n) is 11.6. The fraction of sp³-hybridized carbons (Fsp3) is 0.346. The van der Waals surface area contributed by atoms with E-state index in [0.29, 0.717) is 5.92 Å². The zero-order chi connectivity index (χ0) is 22.4. The van der Waals surface area contributed by atoms with Crippen molar-refractivity contribution in [1.82, 2.24) is 15.3 Å². The van der Waals surface area contributed by atoms with Crippen LogP contribution in [0.15, 0.2) is 59.8 Å². The molecule has 1 saturated heterocycles. The Kier molecular flexibility index (Phi) is 4.80. The molecule has 2 aliphatic heterocycles. The lowest BCUT2D eigenvalue weighted by atomic mass is 10.0. The highest BCUT2D eigenvalue weighted by Gasteiger charge is 2.50. The minimum absolute atomic E-state index is 0.200. The summed E-state index contributed by atoms with van der Waals surface area (Å²) in [6.07, 6.45) is 7.28. The first kappa shape index (κ1) is 20.2. The molecule has 168 valence electrons. The van der Waals surface area contributed by atoms with E-state index in [1.54, 1.807) is 0 Å². The summed E-state index contributed by atoms with van der Waals surface area (Å²) in [6.45, 7) is 1.87. The second-order valence-electron chi connectivity index (χ2n) is 9.46. The molecule has 6 rings (SSSR count). The predicted molar refractivity (Wildman–Crippen MR) is 129 cm³/mol. The number of nitrogens with one attached hydrogen (secondary N) is 2. The van der Waals surface area contributed by atoms with Crippen LogP contribution in [0, 0.1) is 5.92 Å². The van der Waals surface area contributed by atoms with Crippen LogP contribution in [0.1, 0.15) is 25.7 Å². The van der Waals surface area contributed by atoms with Gasteiger partial charge in [0.15, 0.2) is 12.5 Å². The number of anilines is 1. The number of likely N-dealkylation sites (tertiary alicyclic amines) is 1. The number of rotatable bonds is 7. The van der Waals surface area contributed by atoms with E-state index in [9.17, 15) is 9.59 Å². The van der Waals surface area contributed by atoms with Gasteiger partial charge in [-0.05, 0) is 72.5 Å². The van der Waals surface area contributed by atoms with Crippen molar-refractivity contribution < 1.29 is 9.59 Å². The number of carbonyl (C=O) groups is 2. The first-order chi connectivity index (χ1) is 16.2. The maximum Gasteiger partial charge on any atom is 0.177 e. The van der Waals surface area contributed by atoms with Gasteiger partial charge in [-0.2, -0.15) is 5.10 Å². The Morgan fingerprint density at radius 2 is 1.88 bits per heavy atom. The van der Waals surface area contributed by atoms with Gasteiger partial charge in [-0.1, -0.05) is 24.3 Å². The van der Waals surface area contributed by atoms with Crippen LogP contribution >= 0.6 is 0 Å². The number of aromatic amines is 1. The third-order valence-corrected chi connectivity index (χ3v) is 7.41. The topological polar surface area (TPSA) is 80.8 Å². The van der Waals surface area contributed by atoms with E-state index < -0.39 is 6.17 Å². The smallest absolute Gasteiger partial charge is 0.177 e. The summed E-state index contributed by atoms with van der Waals surface area (Å²) in [4.78, 5) is 30.9. The summed E-state index contributed by atoms with van der Waals surface area (Å²) in [5.74, 6) is 1.32. The first-order valence-corrected chi connectivity index (χ1v) is 11.6. The number of hydrogen-bond donors (Lipinski definition) is 2. The summed E-state index contributed by atoms with van der Waals surface area (Å²) in [5, 5.41) is 5.70. The van der Waals surface area contributed by atoms with Crippen LogP contribution in [0.2, 0.25) is 0 Å². The molecule has 0 radical (unpaired) electrons. The molecule has 1 unspecified atom stereocenters. The molecule has 2 aromatic carbocycles. The highest BCUT2D eigenvalue weighted by molar-refractivity contribution is 6.02. The Hall–Kier alpha value is -3.45. The Balaban J connectivity index is 1.20. The van der Waals surface area contributed by atoms with Crippen LogP contribution in [0.5, 0.6) is 0 Å². The zero-order valence-corrected chi connectivity index (χ0v) is 18.4. The van der Waals surface area contributed by atoms with Crippen molar-refractivity contribution in [2.45, 2.75) is 37.4 Å². The molecule has 2 fully saturated rings. The molecule has 1 saturated carbocycles. The van der Waals surface area contributed by atoms with E-state index in [1.807, 2.05) is 11.1 Å². The molecule has 7 heteroatoms. The van der Waals surface area contributed by atoms with Crippen LogP contribution in [0.3, 0.4) is 0 Å². The van der Waals surface area contributed by atoms with Gasteiger partial charge in [0.2, 0.25) is 0 Å². The van der Waals surface area contributed by atoms with Crippen molar-refractivity contribution in [3.63, 3.8) is 0 Å². The van der Waals surface area contributed by atoms with Crippen molar-refractivity contribution in [3.05, 3.63) is 54.7 Å². The van der Waals surface area contributed by atoms with E-state index in [-0.39, 0.29) is 5.54 Å². The number of aldehydes is 2. The van der Waals surface area contributed by atoms with Crippen molar-refractivity contribution >= 4 is 35.0 Å². The molecule has 1 aromatic heterocycles. The molecule has 2 N–H and O–H groups in total. The average molecular weight is 442 g/mol. The van der Waals surface area contributed by atoms with Crippen molar-refractivity contribution in [2.75, 3.05) is 18.0 Å². The normalized spacial score (nSPS) is 24.0. The van der Waals surface area contributed by atoms with Crippen molar-refractivity contribution in [3.8, 4) is 11.1 Å². The molecule has 0 bridgehead atoms. The quantitative estimate of drug-likeness (QED) is 0.549. The van der Waals surface area contributed by atoms with E-state index >= 15 is 0 Å². The molecule has 0 spiro atoms. The lowest BCUT2D eigenvalue weighted by Gasteiger charge is -2.26. The predicted octanol–water partition coefficient (Wildman–Crippen LogP) is 3.53. The summed E-state index contributed by atoms with van der Waals surface area (Å²) >= 11 is 0. The highest BCUT2D eigenvalue weighted by atomic mass is 16.1. The van der Waals surface area contributed by atoms with Gasteiger partial charge >= 0.3 is 0 Å². The number of aromatic nitrogens is 1. The van der Waals surface area contributed by atoms with Gasteiger partial charge in [-0.25, -0.2) is 0 Å². The third kappa shape index (κ3) is 3.53. The summed E-state index contributed by atoms with van der Waals surface area (Å²) in [6, 6.07) is 16.8. The number of H-pyrrole nitrogens is 1. The second kappa shape index (κ2) is 7.85. The van der Waals surface area contributed by atoms with E-state index in [2.05, 4.69) is 68.9 Å². The molecule has 3 aliphatic rings. The Morgan fingerprint density at radius 3 is 2.64 bits per heavy atom. The van der Waals surface area contributed by atoms with Gasteiger partial charge in [0.1, 0.15) is 12.1 Å². The van der Waals surface area contributed by atoms with Gasteiger partial charge in [0.05, 0.1) is 5.54 Å². The molecular weight excluding hydrogens is 414 g/mol. The van der Waals surface area contributed by atoms with Gasteiger partial charge in [-0.3, -0.25) is 20.0 Å². The average Bonchev–Trinajstić information content (AvgIpc) is 3.19. The summed E-state index contributed by atoms with van der Waals surface area (Å²) < 4.78 is 0. The number of amidine groups is 1. The molecule has 3 aromatic rings. The SMILES string of the molecule is O=CC1NN=C(C[C@@H]2CCN(C3(C=O)CC3)C2)N1c1ccc(-c2ccc3cc[nH]c3c2)cc1. The van der Waals surface area contributed by atoms with Crippen LogP contribution in [0.25, 0.3) is 22.0 Å². The maximum absolute atomic E-state index is 11.8. The molecular formula is C26H27N5O2. The van der Waals surface area contributed by atoms with Crippen LogP contribution in [-0.4, -0.2) is 53.1 Å². The second-order valence-corrected chi connectivity index (χ2v) is 9.46. The summed E-state index contributed by atoms with van der Waals surface area (Å²) in [5.41, 5.74) is 7.11. The van der Waals surface area contributed by atoms with E-state index in [0.717, 1.165) is 79.5 Å². The van der Waals surface area contributed by atoms with Gasteiger partial charge < -0.3 is 9.78 Å². The Labute approximate surface area is 192 Å². The fourth-order valence-corrected chi connectivity index (χ4v) is 5.30. The fourth-order valence-electron chi connectivity index (χ4n) is 5.30. The number of benzene rings is 2. The number of fused-ring (bicyclic) bond motifs is 1. The maximum atomic E-state index is 11.8. The highest BCUT2D eigenvalue weighted by Crippen LogP contribution is 2.43. The van der Waals surface area contributed by atoms with Gasteiger partial charge in [0.25, 0.3) is 0 Å².